The highest BCUT2D eigenvalue weighted by Gasteiger charge is 2.21. The monoisotopic (exact) mass is 289 g/mol. The highest BCUT2D eigenvalue weighted by atomic mass is 35.5. The normalized spacial score (nSPS) is 10.9. The molecule has 0 atom stereocenters. The minimum atomic E-state index is -0.453. The number of thiophene rings is 1. The van der Waals surface area contributed by atoms with Crippen LogP contribution in [0.15, 0.2) is 0 Å². The average molecular weight is 290 g/mol. The summed E-state index contributed by atoms with van der Waals surface area (Å²) in [5.74, 6) is -0.453. The first kappa shape index (κ1) is 12.6. The molecule has 0 aliphatic carbocycles. The molecule has 0 amide bonds. The van der Waals surface area contributed by atoms with Crippen molar-refractivity contribution in [1.29, 1.82) is 0 Å². The number of fused-ring (bicyclic) bond motifs is 1. The molecule has 3 nitrogen and oxygen atoms in total. The number of carbonyl (C=O) groups is 1. The number of aromatic nitrogens is 1. The second-order valence-corrected chi connectivity index (χ2v) is 5.31. The Labute approximate surface area is 112 Å². The van der Waals surface area contributed by atoms with Crippen molar-refractivity contribution in [1.82, 2.24) is 4.98 Å². The van der Waals surface area contributed by atoms with Gasteiger partial charge in [-0.15, -0.1) is 11.3 Å². The molecule has 0 fully saturated rings. The van der Waals surface area contributed by atoms with Crippen molar-refractivity contribution in [3.63, 3.8) is 0 Å². The number of halogens is 2. The maximum absolute atomic E-state index is 11.5. The van der Waals surface area contributed by atoms with E-state index >= 15 is 0 Å². The van der Waals surface area contributed by atoms with E-state index in [0.717, 1.165) is 16.6 Å². The third kappa shape index (κ3) is 1.90. The van der Waals surface area contributed by atoms with Gasteiger partial charge in [0.15, 0.2) is 0 Å². The molecular weight excluding hydrogens is 281 g/mol. The quantitative estimate of drug-likeness (QED) is 0.745. The average Bonchev–Trinajstić information content (AvgIpc) is 2.62. The van der Waals surface area contributed by atoms with Crippen molar-refractivity contribution in [3.05, 3.63) is 26.2 Å². The van der Waals surface area contributed by atoms with Crippen LogP contribution in [0, 0.1) is 13.8 Å². The fourth-order valence-corrected chi connectivity index (χ4v) is 3.32. The zero-order chi connectivity index (χ0) is 12.7. The lowest BCUT2D eigenvalue weighted by Gasteiger charge is -2.03. The number of pyridine rings is 1. The van der Waals surface area contributed by atoms with Gasteiger partial charge in [-0.25, -0.2) is 9.78 Å². The van der Waals surface area contributed by atoms with E-state index in [1.165, 1.54) is 18.4 Å². The molecule has 0 spiro atoms. The Balaban J connectivity index is 2.83. The lowest BCUT2D eigenvalue weighted by molar-refractivity contribution is 0.0606. The number of aryl methyl sites for hydroxylation is 2. The second-order valence-electron chi connectivity index (χ2n) is 3.55. The summed E-state index contributed by atoms with van der Waals surface area (Å²) >= 11 is 13.5. The Bertz CT molecular complexity index is 622. The van der Waals surface area contributed by atoms with Crippen LogP contribution in [-0.4, -0.2) is 18.1 Å². The van der Waals surface area contributed by atoms with Crippen molar-refractivity contribution < 1.29 is 9.53 Å². The van der Waals surface area contributed by atoms with E-state index in [2.05, 4.69) is 9.72 Å². The van der Waals surface area contributed by atoms with Gasteiger partial charge in [0, 0.05) is 5.39 Å². The summed E-state index contributed by atoms with van der Waals surface area (Å²) in [6.45, 7) is 3.68. The molecule has 0 bridgehead atoms. The van der Waals surface area contributed by atoms with Gasteiger partial charge in [-0.3, -0.25) is 0 Å². The van der Waals surface area contributed by atoms with Crippen LogP contribution in [0.2, 0.25) is 10.0 Å². The van der Waals surface area contributed by atoms with Crippen LogP contribution in [0.4, 0.5) is 0 Å². The third-order valence-corrected chi connectivity index (χ3v) is 4.60. The molecule has 0 unspecified atom stereocenters. The van der Waals surface area contributed by atoms with Gasteiger partial charge >= 0.3 is 5.97 Å². The summed E-state index contributed by atoms with van der Waals surface area (Å²) in [5.41, 5.74) is 1.57. The molecular formula is C11H9Cl2NO2S. The molecule has 0 aromatic carbocycles. The maximum Gasteiger partial charge on any atom is 0.349 e. The molecule has 0 saturated heterocycles. The third-order valence-electron chi connectivity index (χ3n) is 2.49. The Hall–Kier alpha value is -0.840. The number of carbonyl (C=O) groups excluding carboxylic acids is 1. The van der Waals surface area contributed by atoms with Crippen LogP contribution in [0.3, 0.4) is 0 Å². The Kier molecular flexibility index (Phi) is 3.30. The van der Waals surface area contributed by atoms with Crippen molar-refractivity contribution >= 4 is 50.7 Å². The van der Waals surface area contributed by atoms with Gasteiger partial charge in [-0.05, 0) is 19.4 Å². The second kappa shape index (κ2) is 4.44. The zero-order valence-electron chi connectivity index (χ0n) is 9.43. The van der Waals surface area contributed by atoms with Crippen molar-refractivity contribution in [2.24, 2.45) is 0 Å². The SMILES string of the molecule is COC(=O)c1sc2nc(C)c(Cl)c(C)c2c1Cl. The number of nitrogens with zero attached hydrogens (tertiary/aromatic N) is 1. The lowest BCUT2D eigenvalue weighted by Crippen LogP contribution is -1.98. The molecule has 0 aliphatic heterocycles. The Morgan fingerprint density at radius 1 is 1.29 bits per heavy atom. The summed E-state index contributed by atoms with van der Waals surface area (Å²) in [6, 6.07) is 0. The minimum absolute atomic E-state index is 0.362. The summed E-state index contributed by atoms with van der Waals surface area (Å²) in [6.07, 6.45) is 0. The maximum atomic E-state index is 11.5. The fraction of sp³-hybridized carbons (Fsp3) is 0.273. The van der Waals surface area contributed by atoms with E-state index in [0.29, 0.717) is 19.8 Å². The van der Waals surface area contributed by atoms with Gasteiger partial charge in [-0.2, -0.15) is 0 Å². The lowest BCUT2D eigenvalue weighted by atomic mass is 10.2. The van der Waals surface area contributed by atoms with Crippen LogP contribution < -0.4 is 0 Å². The molecule has 6 heteroatoms. The number of methoxy groups -OCH3 is 1. The summed E-state index contributed by atoms with van der Waals surface area (Å²) < 4.78 is 4.67. The highest BCUT2D eigenvalue weighted by Crippen LogP contribution is 2.39. The first-order valence-corrected chi connectivity index (χ1v) is 6.37. The number of rotatable bonds is 1. The molecule has 17 heavy (non-hydrogen) atoms. The molecule has 0 N–H and O–H groups in total. The fourth-order valence-electron chi connectivity index (χ4n) is 1.61. The molecule has 0 radical (unpaired) electrons. The summed E-state index contributed by atoms with van der Waals surface area (Å²) in [4.78, 5) is 16.9. The molecule has 2 aromatic heterocycles. The molecule has 0 aliphatic rings. The van der Waals surface area contributed by atoms with Crippen molar-refractivity contribution in [2.75, 3.05) is 7.11 Å². The van der Waals surface area contributed by atoms with Crippen molar-refractivity contribution in [3.8, 4) is 0 Å². The van der Waals surface area contributed by atoms with Gasteiger partial charge < -0.3 is 4.74 Å². The number of ether oxygens (including phenoxy) is 1. The smallest absolute Gasteiger partial charge is 0.349 e. The largest absolute Gasteiger partial charge is 0.465 e. The topological polar surface area (TPSA) is 39.2 Å². The van der Waals surface area contributed by atoms with E-state index in [4.69, 9.17) is 23.2 Å². The standard InChI is InChI=1S/C11H9Cl2NO2S/c1-4-6-8(13)9(11(15)16-3)17-10(6)14-5(2)7(4)12/h1-3H3. The van der Waals surface area contributed by atoms with E-state index in [9.17, 15) is 4.79 Å². The van der Waals surface area contributed by atoms with Crippen LogP contribution >= 0.6 is 34.5 Å². The van der Waals surface area contributed by atoms with Gasteiger partial charge in [0.25, 0.3) is 0 Å². The van der Waals surface area contributed by atoms with Crippen LogP contribution in [-0.2, 0) is 4.74 Å². The number of hydrogen-bond donors (Lipinski definition) is 0. The Morgan fingerprint density at radius 2 is 1.94 bits per heavy atom. The van der Waals surface area contributed by atoms with Crippen LogP contribution in [0.5, 0.6) is 0 Å². The Morgan fingerprint density at radius 3 is 2.53 bits per heavy atom. The van der Waals surface area contributed by atoms with E-state index < -0.39 is 5.97 Å². The van der Waals surface area contributed by atoms with Crippen LogP contribution in [0.1, 0.15) is 20.9 Å². The van der Waals surface area contributed by atoms with Crippen LogP contribution in [0.25, 0.3) is 10.2 Å². The number of hydrogen-bond acceptors (Lipinski definition) is 4. The summed E-state index contributed by atoms with van der Waals surface area (Å²) in [7, 11) is 1.32. The van der Waals surface area contributed by atoms with Gasteiger partial charge in [-0.1, -0.05) is 23.2 Å². The van der Waals surface area contributed by atoms with Gasteiger partial charge in [0.2, 0.25) is 0 Å². The predicted octanol–water partition coefficient (Wildman–Crippen LogP) is 4.01. The van der Waals surface area contributed by atoms with E-state index in [1.807, 2.05) is 13.8 Å². The molecule has 2 rings (SSSR count). The first-order valence-electron chi connectivity index (χ1n) is 4.80. The molecule has 2 aromatic rings. The molecule has 2 heterocycles. The number of esters is 1. The predicted molar refractivity (Wildman–Crippen MR) is 70.5 cm³/mol. The molecule has 0 saturated carbocycles. The summed E-state index contributed by atoms with van der Waals surface area (Å²) in [5, 5.41) is 1.67. The van der Waals surface area contributed by atoms with E-state index in [-0.39, 0.29) is 0 Å². The highest BCUT2D eigenvalue weighted by molar-refractivity contribution is 7.21. The zero-order valence-corrected chi connectivity index (χ0v) is 11.8. The van der Waals surface area contributed by atoms with Gasteiger partial charge in [0.05, 0.1) is 22.8 Å². The molecule has 90 valence electrons. The van der Waals surface area contributed by atoms with E-state index in [1.54, 1.807) is 0 Å². The van der Waals surface area contributed by atoms with Crippen molar-refractivity contribution in [2.45, 2.75) is 13.8 Å². The first-order chi connectivity index (χ1) is 7.97. The van der Waals surface area contributed by atoms with Gasteiger partial charge in [0.1, 0.15) is 9.71 Å². The minimum Gasteiger partial charge on any atom is -0.465 e.